The molecule has 0 bridgehead atoms. The van der Waals surface area contributed by atoms with E-state index in [-0.39, 0.29) is 17.9 Å². The van der Waals surface area contributed by atoms with E-state index in [0.29, 0.717) is 10.0 Å². The Morgan fingerprint density at radius 1 is 1.20 bits per heavy atom. The number of carbonyl (C=O) groups excluding carboxylic acids is 1. The predicted octanol–water partition coefficient (Wildman–Crippen LogP) is 3.75. The molecule has 0 aromatic heterocycles. The third kappa shape index (κ3) is 2.18. The second-order valence-electron chi connectivity index (χ2n) is 4.72. The Balaban J connectivity index is 2.00. The molecule has 0 aliphatic carbocycles. The number of carbonyl (C=O) groups is 1. The summed E-state index contributed by atoms with van der Waals surface area (Å²) in [5, 5.41) is 6.15. The lowest BCUT2D eigenvalue weighted by Crippen LogP contribution is -2.38. The van der Waals surface area contributed by atoms with Crippen LogP contribution in [-0.4, -0.2) is 5.91 Å². The zero-order valence-electron chi connectivity index (χ0n) is 10.7. The second kappa shape index (κ2) is 4.90. The van der Waals surface area contributed by atoms with Crippen LogP contribution in [0.5, 0.6) is 0 Å². The van der Waals surface area contributed by atoms with Crippen molar-refractivity contribution in [1.82, 2.24) is 5.32 Å². The number of hydrogen-bond donors (Lipinski definition) is 2. The van der Waals surface area contributed by atoms with Crippen molar-refractivity contribution >= 4 is 27.5 Å². The molecule has 1 aliphatic rings. The lowest BCUT2D eigenvalue weighted by atomic mass is 10.0. The van der Waals surface area contributed by atoms with Crippen LogP contribution < -0.4 is 10.6 Å². The van der Waals surface area contributed by atoms with Crippen LogP contribution in [-0.2, 0) is 0 Å². The van der Waals surface area contributed by atoms with Gasteiger partial charge >= 0.3 is 0 Å². The number of benzene rings is 2. The quantitative estimate of drug-likeness (QED) is 0.833. The van der Waals surface area contributed by atoms with Crippen molar-refractivity contribution in [2.75, 3.05) is 5.32 Å². The Hall–Kier alpha value is -1.88. The van der Waals surface area contributed by atoms with Gasteiger partial charge in [0.25, 0.3) is 5.91 Å². The first-order valence-electron chi connectivity index (χ1n) is 6.18. The van der Waals surface area contributed by atoms with E-state index in [9.17, 15) is 9.18 Å². The van der Waals surface area contributed by atoms with Crippen molar-refractivity contribution in [3.8, 4) is 0 Å². The summed E-state index contributed by atoms with van der Waals surface area (Å²) in [6.07, 6.45) is -0.368. The summed E-state index contributed by atoms with van der Waals surface area (Å²) in [7, 11) is 0. The maximum Gasteiger partial charge on any atom is 0.255 e. The third-order valence-electron chi connectivity index (χ3n) is 3.36. The molecular weight excluding hydrogens is 323 g/mol. The number of para-hydroxylation sites is 1. The zero-order chi connectivity index (χ0) is 14.3. The summed E-state index contributed by atoms with van der Waals surface area (Å²) >= 11 is 3.16. The molecule has 1 amide bonds. The van der Waals surface area contributed by atoms with Crippen molar-refractivity contribution < 1.29 is 9.18 Å². The van der Waals surface area contributed by atoms with E-state index < -0.39 is 0 Å². The minimum atomic E-state index is -0.368. The van der Waals surface area contributed by atoms with Gasteiger partial charge in [-0.1, -0.05) is 18.2 Å². The molecule has 1 heterocycles. The Bertz CT molecular complexity index is 702. The summed E-state index contributed by atoms with van der Waals surface area (Å²) in [6, 6.07) is 10.3. The smallest absolute Gasteiger partial charge is 0.255 e. The molecule has 0 saturated carbocycles. The molecular formula is C15H12BrFN2O. The number of rotatable bonds is 1. The zero-order valence-corrected chi connectivity index (χ0v) is 12.3. The van der Waals surface area contributed by atoms with Crippen LogP contribution in [0, 0.1) is 12.7 Å². The second-order valence-corrected chi connectivity index (χ2v) is 5.58. The highest BCUT2D eigenvalue weighted by Gasteiger charge is 2.25. The van der Waals surface area contributed by atoms with Gasteiger partial charge in [-0.3, -0.25) is 4.79 Å². The van der Waals surface area contributed by atoms with Gasteiger partial charge in [-0.2, -0.15) is 0 Å². The summed E-state index contributed by atoms with van der Waals surface area (Å²) < 4.78 is 13.7. The van der Waals surface area contributed by atoms with Gasteiger partial charge in [0.2, 0.25) is 0 Å². The Morgan fingerprint density at radius 2 is 2.00 bits per heavy atom. The largest absolute Gasteiger partial charge is 0.361 e. The SMILES string of the molecule is Cc1cccc2c1NC(c1ccc(F)c(Br)c1)NC2=O. The fraction of sp³-hybridized carbons (Fsp3) is 0.133. The molecule has 0 saturated heterocycles. The molecule has 0 spiro atoms. The van der Waals surface area contributed by atoms with Gasteiger partial charge in [0, 0.05) is 0 Å². The van der Waals surface area contributed by atoms with Crippen LogP contribution in [0.15, 0.2) is 40.9 Å². The van der Waals surface area contributed by atoms with E-state index in [0.717, 1.165) is 16.8 Å². The minimum Gasteiger partial charge on any atom is -0.361 e. The first-order chi connectivity index (χ1) is 9.56. The lowest BCUT2D eigenvalue weighted by Gasteiger charge is -2.29. The van der Waals surface area contributed by atoms with Crippen LogP contribution in [0.25, 0.3) is 0 Å². The Morgan fingerprint density at radius 3 is 2.75 bits per heavy atom. The molecule has 1 unspecified atom stereocenters. The highest BCUT2D eigenvalue weighted by molar-refractivity contribution is 9.10. The number of anilines is 1. The molecule has 102 valence electrons. The van der Waals surface area contributed by atoms with Crippen LogP contribution in [0.1, 0.15) is 27.7 Å². The Labute approximate surface area is 124 Å². The van der Waals surface area contributed by atoms with Gasteiger partial charge in [0.15, 0.2) is 0 Å². The van der Waals surface area contributed by atoms with E-state index in [1.165, 1.54) is 6.07 Å². The fourth-order valence-corrected chi connectivity index (χ4v) is 2.69. The minimum absolute atomic E-state index is 0.132. The maximum atomic E-state index is 13.3. The Kier molecular flexibility index (Phi) is 3.22. The van der Waals surface area contributed by atoms with Crippen LogP contribution >= 0.6 is 15.9 Å². The average Bonchev–Trinajstić information content (AvgIpc) is 2.43. The molecule has 1 atom stereocenters. The standard InChI is InChI=1S/C15H12BrFN2O/c1-8-3-2-4-10-13(8)18-14(19-15(10)20)9-5-6-12(17)11(16)7-9/h2-7,14,18H,1H3,(H,19,20). The molecule has 5 heteroatoms. The molecule has 20 heavy (non-hydrogen) atoms. The highest BCUT2D eigenvalue weighted by Crippen LogP contribution is 2.30. The number of hydrogen-bond acceptors (Lipinski definition) is 2. The van der Waals surface area contributed by atoms with Gasteiger partial charge in [-0.05, 0) is 52.2 Å². The summed E-state index contributed by atoms with van der Waals surface area (Å²) in [4.78, 5) is 12.1. The van der Waals surface area contributed by atoms with Crippen molar-refractivity contribution in [2.45, 2.75) is 13.1 Å². The van der Waals surface area contributed by atoms with Crippen molar-refractivity contribution in [1.29, 1.82) is 0 Å². The molecule has 2 aromatic rings. The number of amides is 1. The third-order valence-corrected chi connectivity index (χ3v) is 3.97. The average molecular weight is 335 g/mol. The van der Waals surface area contributed by atoms with Gasteiger partial charge in [-0.25, -0.2) is 4.39 Å². The summed E-state index contributed by atoms with van der Waals surface area (Å²) in [6.45, 7) is 1.95. The molecule has 3 nitrogen and oxygen atoms in total. The highest BCUT2D eigenvalue weighted by atomic mass is 79.9. The molecule has 1 aliphatic heterocycles. The molecule has 2 aromatic carbocycles. The maximum absolute atomic E-state index is 13.3. The van der Waals surface area contributed by atoms with Gasteiger partial charge in [0.05, 0.1) is 15.7 Å². The first-order valence-corrected chi connectivity index (χ1v) is 6.97. The monoisotopic (exact) mass is 334 g/mol. The normalized spacial score (nSPS) is 17.1. The molecule has 3 rings (SSSR count). The van der Waals surface area contributed by atoms with Gasteiger partial charge in [0.1, 0.15) is 12.0 Å². The number of nitrogens with one attached hydrogen (secondary N) is 2. The van der Waals surface area contributed by atoms with E-state index in [1.54, 1.807) is 18.2 Å². The number of halogens is 2. The number of fused-ring (bicyclic) bond motifs is 1. The van der Waals surface area contributed by atoms with Crippen LogP contribution in [0.3, 0.4) is 0 Å². The van der Waals surface area contributed by atoms with E-state index in [2.05, 4.69) is 26.6 Å². The van der Waals surface area contributed by atoms with Crippen LogP contribution in [0.2, 0.25) is 0 Å². The summed E-state index contributed by atoms with van der Waals surface area (Å²) in [5.41, 5.74) is 3.24. The predicted molar refractivity (Wildman–Crippen MR) is 79.1 cm³/mol. The number of aryl methyl sites for hydroxylation is 1. The van der Waals surface area contributed by atoms with E-state index in [4.69, 9.17) is 0 Å². The fourth-order valence-electron chi connectivity index (χ4n) is 2.30. The lowest BCUT2D eigenvalue weighted by molar-refractivity contribution is 0.0935. The van der Waals surface area contributed by atoms with E-state index >= 15 is 0 Å². The van der Waals surface area contributed by atoms with Gasteiger partial charge in [-0.15, -0.1) is 0 Å². The van der Waals surface area contributed by atoms with E-state index in [1.807, 2.05) is 19.1 Å². The molecule has 0 radical (unpaired) electrons. The summed E-state index contributed by atoms with van der Waals surface area (Å²) in [5.74, 6) is -0.458. The molecule has 2 N–H and O–H groups in total. The molecule has 0 fully saturated rings. The van der Waals surface area contributed by atoms with Crippen LogP contribution in [0.4, 0.5) is 10.1 Å². The topological polar surface area (TPSA) is 41.1 Å². The van der Waals surface area contributed by atoms with Crippen molar-refractivity contribution in [3.05, 3.63) is 63.4 Å². The first kappa shape index (κ1) is 13.1. The van der Waals surface area contributed by atoms with Crippen molar-refractivity contribution in [2.24, 2.45) is 0 Å². The van der Waals surface area contributed by atoms with Crippen molar-refractivity contribution in [3.63, 3.8) is 0 Å². The van der Waals surface area contributed by atoms with Gasteiger partial charge < -0.3 is 10.6 Å².